The van der Waals surface area contributed by atoms with Crippen molar-refractivity contribution in [2.24, 2.45) is 0 Å². The summed E-state index contributed by atoms with van der Waals surface area (Å²) >= 11 is 0. The second-order valence-corrected chi connectivity index (χ2v) is 4.67. The lowest BCUT2D eigenvalue weighted by atomic mass is 9.95. The first-order valence-corrected chi connectivity index (χ1v) is 6.69. The summed E-state index contributed by atoms with van der Waals surface area (Å²) in [6, 6.07) is 14.7. The summed E-state index contributed by atoms with van der Waals surface area (Å²) in [5.41, 5.74) is 3.60. The van der Waals surface area contributed by atoms with E-state index in [9.17, 15) is 0 Å². The van der Waals surface area contributed by atoms with E-state index in [1.165, 1.54) is 11.1 Å². The third kappa shape index (κ3) is 2.78. The molecule has 0 aliphatic rings. The molecule has 0 fully saturated rings. The average Bonchev–Trinajstić information content (AvgIpc) is 2.53. The van der Waals surface area contributed by atoms with Crippen LogP contribution in [0.25, 0.3) is 11.1 Å². The maximum absolute atomic E-state index is 5.38. The zero-order chi connectivity index (χ0) is 14.5. The summed E-state index contributed by atoms with van der Waals surface area (Å²) in [7, 11) is 5.27. The van der Waals surface area contributed by atoms with Crippen LogP contribution in [0.15, 0.2) is 42.5 Å². The van der Waals surface area contributed by atoms with Gasteiger partial charge in [0.1, 0.15) is 0 Å². The predicted molar refractivity (Wildman–Crippen MR) is 82.5 cm³/mol. The smallest absolute Gasteiger partial charge is 0.161 e. The van der Waals surface area contributed by atoms with Crippen LogP contribution >= 0.6 is 0 Å². The molecule has 2 rings (SSSR count). The van der Waals surface area contributed by atoms with Crippen LogP contribution in [0.2, 0.25) is 0 Å². The molecular weight excluding hydrogens is 250 g/mol. The minimum absolute atomic E-state index is 0.291. The van der Waals surface area contributed by atoms with Gasteiger partial charge in [-0.2, -0.15) is 0 Å². The molecule has 0 saturated carbocycles. The molecule has 2 aromatic carbocycles. The minimum atomic E-state index is 0.291. The van der Waals surface area contributed by atoms with Gasteiger partial charge in [0.15, 0.2) is 11.5 Å². The van der Waals surface area contributed by atoms with Crippen molar-refractivity contribution >= 4 is 0 Å². The Morgan fingerprint density at radius 1 is 0.950 bits per heavy atom. The van der Waals surface area contributed by atoms with Gasteiger partial charge in [-0.1, -0.05) is 30.3 Å². The summed E-state index contributed by atoms with van der Waals surface area (Å²) in [5, 5.41) is 3.29. The Bertz CT molecular complexity index is 581. The zero-order valence-corrected chi connectivity index (χ0v) is 12.4. The molecule has 0 aromatic heterocycles. The van der Waals surface area contributed by atoms with Crippen LogP contribution in [0.3, 0.4) is 0 Å². The van der Waals surface area contributed by atoms with Crippen molar-refractivity contribution in [2.75, 3.05) is 21.3 Å². The molecule has 106 valence electrons. The van der Waals surface area contributed by atoms with E-state index in [4.69, 9.17) is 9.47 Å². The molecule has 20 heavy (non-hydrogen) atoms. The first-order chi connectivity index (χ1) is 9.71. The molecular formula is C17H21NO2. The number of benzene rings is 2. The fraction of sp³-hybridized carbons (Fsp3) is 0.294. The Morgan fingerprint density at radius 2 is 1.65 bits per heavy atom. The first kappa shape index (κ1) is 14.4. The van der Waals surface area contributed by atoms with Gasteiger partial charge in [-0.25, -0.2) is 0 Å². The van der Waals surface area contributed by atoms with E-state index < -0.39 is 0 Å². The molecule has 1 N–H and O–H groups in total. The van der Waals surface area contributed by atoms with Crippen LogP contribution in [0.1, 0.15) is 18.5 Å². The third-order valence-corrected chi connectivity index (χ3v) is 3.55. The maximum atomic E-state index is 5.38. The summed E-state index contributed by atoms with van der Waals surface area (Å²) in [6.45, 7) is 2.15. The molecule has 0 amide bonds. The topological polar surface area (TPSA) is 30.5 Å². The van der Waals surface area contributed by atoms with E-state index in [2.05, 4.69) is 42.6 Å². The highest BCUT2D eigenvalue weighted by atomic mass is 16.5. The summed E-state index contributed by atoms with van der Waals surface area (Å²) in [6.07, 6.45) is 0. The van der Waals surface area contributed by atoms with Gasteiger partial charge in [0.2, 0.25) is 0 Å². The number of methoxy groups -OCH3 is 2. The fourth-order valence-corrected chi connectivity index (χ4v) is 2.30. The van der Waals surface area contributed by atoms with Crippen LogP contribution < -0.4 is 14.8 Å². The molecule has 1 unspecified atom stereocenters. The quantitative estimate of drug-likeness (QED) is 0.900. The lowest BCUT2D eigenvalue weighted by Crippen LogP contribution is -2.13. The minimum Gasteiger partial charge on any atom is -0.493 e. The molecule has 3 nitrogen and oxygen atoms in total. The van der Waals surface area contributed by atoms with Gasteiger partial charge >= 0.3 is 0 Å². The third-order valence-electron chi connectivity index (χ3n) is 3.55. The monoisotopic (exact) mass is 271 g/mol. The van der Waals surface area contributed by atoms with Gasteiger partial charge in [0.05, 0.1) is 14.2 Å². The second-order valence-electron chi connectivity index (χ2n) is 4.67. The molecule has 0 heterocycles. The zero-order valence-electron chi connectivity index (χ0n) is 12.4. The Hall–Kier alpha value is -2.00. The standard InChI is InChI=1S/C17H21NO2/c1-12(18-2)14-7-5-6-8-15(14)13-9-10-16(19-3)17(11-13)20-4/h5-12,18H,1-4H3. The fourth-order valence-electron chi connectivity index (χ4n) is 2.30. The Balaban J connectivity index is 2.51. The Kier molecular flexibility index (Phi) is 4.64. The molecule has 0 aliphatic heterocycles. The highest BCUT2D eigenvalue weighted by Crippen LogP contribution is 2.35. The van der Waals surface area contributed by atoms with Crippen LogP contribution in [0.4, 0.5) is 0 Å². The van der Waals surface area contributed by atoms with Gasteiger partial charge in [-0.15, -0.1) is 0 Å². The molecule has 0 aliphatic carbocycles. The number of ether oxygens (including phenoxy) is 2. The van der Waals surface area contributed by atoms with E-state index in [1.807, 2.05) is 19.2 Å². The predicted octanol–water partition coefficient (Wildman–Crippen LogP) is 3.65. The molecule has 0 bridgehead atoms. The van der Waals surface area contributed by atoms with Gasteiger partial charge < -0.3 is 14.8 Å². The first-order valence-electron chi connectivity index (χ1n) is 6.69. The van der Waals surface area contributed by atoms with Gasteiger partial charge in [-0.05, 0) is 42.8 Å². The van der Waals surface area contributed by atoms with Gasteiger partial charge in [0.25, 0.3) is 0 Å². The van der Waals surface area contributed by atoms with E-state index in [-0.39, 0.29) is 0 Å². The van der Waals surface area contributed by atoms with Crippen LogP contribution in [-0.4, -0.2) is 21.3 Å². The highest BCUT2D eigenvalue weighted by molar-refractivity contribution is 5.70. The molecule has 1 atom stereocenters. The van der Waals surface area contributed by atoms with E-state index >= 15 is 0 Å². The lowest BCUT2D eigenvalue weighted by Gasteiger charge is -2.17. The highest BCUT2D eigenvalue weighted by Gasteiger charge is 2.12. The maximum Gasteiger partial charge on any atom is 0.161 e. The Labute approximate surface area is 120 Å². The molecule has 0 spiro atoms. The average molecular weight is 271 g/mol. The molecule has 0 saturated heterocycles. The number of hydrogen-bond donors (Lipinski definition) is 1. The van der Waals surface area contributed by atoms with Crippen molar-refractivity contribution in [3.05, 3.63) is 48.0 Å². The second kappa shape index (κ2) is 6.44. The number of hydrogen-bond acceptors (Lipinski definition) is 3. The molecule has 2 aromatic rings. The van der Waals surface area contributed by atoms with Gasteiger partial charge in [0, 0.05) is 6.04 Å². The van der Waals surface area contributed by atoms with Crippen molar-refractivity contribution < 1.29 is 9.47 Å². The largest absolute Gasteiger partial charge is 0.493 e. The van der Waals surface area contributed by atoms with Crippen LogP contribution in [-0.2, 0) is 0 Å². The summed E-state index contributed by atoms with van der Waals surface area (Å²) < 4.78 is 10.7. The van der Waals surface area contributed by atoms with E-state index in [0.717, 1.165) is 17.1 Å². The number of nitrogens with one attached hydrogen (secondary N) is 1. The van der Waals surface area contributed by atoms with Crippen molar-refractivity contribution in [2.45, 2.75) is 13.0 Å². The SMILES string of the molecule is CNC(C)c1ccccc1-c1ccc(OC)c(OC)c1. The van der Waals surface area contributed by atoms with Crippen molar-refractivity contribution in [3.63, 3.8) is 0 Å². The van der Waals surface area contributed by atoms with Crippen molar-refractivity contribution in [1.29, 1.82) is 0 Å². The lowest BCUT2D eigenvalue weighted by molar-refractivity contribution is 0.355. The van der Waals surface area contributed by atoms with Crippen LogP contribution in [0.5, 0.6) is 11.5 Å². The summed E-state index contributed by atoms with van der Waals surface area (Å²) in [4.78, 5) is 0. The van der Waals surface area contributed by atoms with Gasteiger partial charge in [-0.3, -0.25) is 0 Å². The van der Waals surface area contributed by atoms with Crippen molar-refractivity contribution in [3.8, 4) is 22.6 Å². The Morgan fingerprint density at radius 3 is 2.30 bits per heavy atom. The van der Waals surface area contributed by atoms with Crippen LogP contribution in [0, 0.1) is 0 Å². The molecule has 3 heteroatoms. The van der Waals surface area contributed by atoms with E-state index in [1.54, 1.807) is 14.2 Å². The normalized spacial score (nSPS) is 12.0. The number of rotatable bonds is 5. The summed E-state index contributed by atoms with van der Waals surface area (Å²) in [5.74, 6) is 1.49. The van der Waals surface area contributed by atoms with E-state index in [0.29, 0.717) is 6.04 Å². The van der Waals surface area contributed by atoms with Crippen molar-refractivity contribution in [1.82, 2.24) is 5.32 Å². The molecule has 0 radical (unpaired) electrons.